The summed E-state index contributed by atoms with van der Waals surface area (Å²) in [5.74, 6) is -1.56. The van der Waals surface area contributed by atoms with Crippen LogP contribution < -0.4 is 31.2 Å². The van der Waals surface area contributed by atoms with Crippen molar-refractivity contribution in [2.24, 2.45) is 16.6 Å². The number of amides is 2. The number of aliphatic carboxylic acids is 3. The van der Waals surface area contributed by atoms with Crippen molar-refractivity contribution in [1.82, 2.24) is 30.2 Å². The van der Waals surface area contributed by atoms with Gasteiger partial charge in [0, 0.05) is 92.7 Å². The van der Waals surface area contributed by atoms with Gasteiger partial charge < -0.3 is 71.3 Å². The van der Waals surface area contributed by atoms with Crippen LogP contribution in [0.5, 0.6) is 11.5 Å². The van der Waals surface area contributed by atoms with Crippen LogP contribution in [0.4, 0.5) is 11.4 Å². The molecule has 0 spiro atoms. The van der Waals surface area contributed by atoms with Crippen molar-refractivity contribution in [1.29, 1.82) is 0 Å². The van der Waals surface area contributed by atoms with E-state index in [2.05, 4.69) is 36.7 Å². The Kier molecular flexibility index (Phi) is 39.4. The van der Waals surface area contributed by atoms with Crippen molar-refractivity contribution in [3.63, 3.8) is 0 Å². The Morgan fingerprint density at radius 1 is 0.769 bits per heavy atom. The first-order valence-electron chi connectivity index (χ1n) is 25.9. The van der Waals surface area contributed by atoms with Crippen molar-refractivity contribution in [3.05, 3.63) is 59.3 Å². The number of allylic oxidation sites excluding steroid dienone is 1. The second-order valence-electron chi connectivity index (χ2n) is 18.4. The number of carbonyl (C=O) groups is 6. The van der Waals surface area contributed by atoms with Gasteiger partial charge in [0.1, 0.15) is 31.1 Å². The average molecular weight is 1270 g/mol. The number of carboxylic acid groups (broad SMARTS) is 3. The molecule has 0 atom stereocenters. The molecule has 2 aliphatic rings. The standard InChI is InChI=1S/C23H30N4O4.C22H39N5O10.C8H16.H2O.W/c1-14(2)16-11-15(25-3)9-10-18(16)27-19(12-17(24)23(29)26-13-28)22-20(30-4)7-6-8-21(22)31-5;28-10-12-37-14-13-36-11-1-23-19(29)15-24-2-4-25(16-20(30)31)6-8-27(18-22(34)35)9-7-26(5-3-24)17-21(32)33;1-2-5-8-6-3-4-7-8;;/h6-12,14,25,28H,13,24H2,1-5H3,(H,26,29);10H,1-9,11-18H2,(H,23,29)(H,30,31)(H,32,33)(H,34,35);8H,2-7H2,1H3;1H2;/b17-12-,27-19?;;;;. The van der Waals surface area contributed by atoms with E-state index in [-0.39, 0.29) is 96.6 Å². The number of ether oxygens (including phenoxy) is 4. The SMILES string of the molecule is CCCC1CCCC1.CNc1ccc(N=C(/C=C(\N)C(=O)NCO)c2c(OC)cccc2OC)c(C(C)C)c1.O.O=CCOCCOCCNC(=O)CN1CCN(CC(=O)O)CCN(CC(=O)O)CCN(CC(=O)O)CC1.[W]. The van der Waals surface area contributed by atoms with Gasteiger partial charge in [-0.05, 0) is 53.8 Å². The number of aliphatic imine (C=N–C) groups is 1. The molecule has 0 unspecified atom stereocenters. The predicted octanol–water partition coefficient (Wildman–Crippen LogP) is 1.86. The summed E-state index contributed by atoms with van der Waals surface area (Å²) in [5, 5.41) is 44.9. The molecule has 440 valence electrons. The third-order valence-electron chi connectivity index (χ3n) is 12.3. The number of nitrogens with two attached hydrogens (primary N) is 1. The van der Waals surface area contributed by atoms with Crippen LogP contribution in [0.25, 0.3) is 0 Å². The summed E-state index contributed by atoms with van der Waals surface area (Å²) in [6, 6.07) is 11.2. The third kappa shape index (κ3) is 30.0. The Labute approximate surface area is 473 Å². The molecule has 24 nitrogen and oxygen atoms in total. The maximum Gasteiger partial charge on any atom is 0.317 e. The van der Waals surface area contributed by atoms with Gasteiger partial charge in [-0.1, -0.05) is 65.4 Å². The molecule has 0 radical (unpaired) electrons. The quantitative estimate of drug-likeness (QED) is 0.0208. The number of carbonyl (C=O) groups excluding carboxylic acids is 3. The Morgan fingerprint density at radius 3 is 1.71 bits per heavy atom. The summed E-state index contributed by atoms with van der Waals surface area (Å²) in [6.07, 6.45) is 11.0. The molecule has 0 aromatic heterocycles. The number of aliphatic hydroxyl groups is 1. The second kappa shape index (κ2) is 42.4. The first-order chi connectivity index (χ1) is 36.5. The number of benzene rings is 2. The minimum Gasteiger partial charge on any atom is -0.496 e. The molecule has 1 aliphatic heterocycles. The molecule has 0 bridgehead atoms. The predicted molar refractivity (Wildman–Crippen MR) is 293 cm³/mol. The van der Waals surface area contributed by atoms with Gasteiger partial charge in [0.2, 0.25) is 5.91 Å². The van der Waals surface area contributed by atoms with Gasteiger partial charge in [-0.2, -0.15) is 0 Å². The minimum atomic E-state index is -1.02. The molecule has 4 rings (SSSR count). The minimum absolute atomic E-state index is 0. The third-order valence-corrected chi connectivity index (χ3v) is 12.3. The molecule has 1 heterocycles. The van der Waals surface area contributed by atoms with Gasteiger partial charge in [0.05, 0.1) is 82.9 Å². The van der Waals surface area contributed by atoms with Crippen LogP contribution in [-0.2, 0) is 59.3 Å². The molecule has 2 fully saturated rings. The van der Waals surface area contributed by atoms with Crippen LogP contribution in [0.1, 0.15) is 76.3 Å². The van der Waals surface area contributed by atoms with Crippen LogP contribution in [0.3, 0.4) is 0 Å². The van der Waals surface area contributed by atoms with Crippen LogP contribution in [0.2, 0.25) is 0 Å². The number of nitrogens with zero attached hydrogens (tertiary/aromatic N) is 5. The normalized spacial score (nSPS) is 15.3. The van der Waals surface area contributed by atoms with E-state index in [1.54, 1.807) is 47.1 Å². The summed E-state index contributed by atoms with van der Waals surface area (Å²) in [5.41, 5.74) is 9.53. The zero-order valence-electron chi connectivity index (χ0n) is 46.3. The number of aldehydes is 1. The number of hydrogen-bond donors (Lipinski definition) is 8. The van der Waals surface area contributed by atoms with Crippen LogP contribution in [0, 0.1) is 5.92 Å². The topological polar surface area (TPSA) is 339 Å². The summed E-state index contributed by atoms with van der Waals surface area (Å²) < 4.78 is 21.3. The van der Waals surface area contributed by atoms with Gasteiger partial charge in [-0.15, -0.1) is 0 Å². The summed E-state index contributed by atoms with van der Waals surface area (Å²) in [4.78, 5) is 80.4. The van der Waals surface area contributed by atoms with E-state index in [1.807, 2.05) is 30.1 Å². The smallest absolute Gasteiger partial charge is 0.317 e. The maximum atomic E-state index is 12.5. The van der Waals surface area contributed by atoms with E-state index < -0.39 is 30.5 Å². The zero-order chi connectivity index (χ0) is 56.3. The molecular formula is C53H87N9O15W. The molecular weight excluding hydrogens is 1190 g/mol. The Morgan fingerprint density at radius 2 is 1.27 bits per heavy atom. The van der Waals surface area contributed by atoms with Gasteiger partial charge >= 0.3 is 17.9 Å². The van der Waals surface area contributed by atoms with E-state index >= 15 is 0 Å². The van der Waals surface area contributed by atoms with Crippen molar-refractivity contribution in [2.45, 2.75) is 65.2 Å². The summed E-state index contributed by atoms with van der Waals surface area (Å²) >= 11 is 0. The van der Waals surface area contributed by atoms with Crippen molar-refractivity contribution in [3.8, 4) is 11.5 Å². The number of methoxy groups -OCH3 is 2. The molecule has 25 heteroatoms. The second-order valence-corrected chi connectivity index (χ2v) is 18.4. The number of aliphatic hydroxyl groups excluding tert-OH is 1. The van der Waals surface area contributed by atoms with Crippen LogP contribution in [-0.4, -0.2) is 227 Å². The van der Waals surface area contributed by atoms with E-state index in [9.17, 15) is 44.1 Å². The first kappa shape index (κ1) is 72.4. The van der Waals surface area contributed by atoms with Crippen molar-refractivity contribution >= 4 is 53.1 Å². The van der Waals surface area contributed by atoms with Gasteiger partial charge in [-0.25, -0.2) is 4.99 Å². The van der Waals surface area contributed by atoms with Crippen LogP contribution >= 0.6 is 0 Å². The Bertz CT molecular complexity index is 2090. The largest absolute Gasteiger partial charge is 0.496 e. The molecule has 2 aromatic rings. The molecule has 1 saturated carbocycles. The fourth-order valence-corrected chi connectivity index (χ4v) is 8.42. The fraction of sp³-hybridized carbons (Fsp3) is 0.604. The van der Waals surface area contributed by atoms with Crippen molar-refractivity contribution < 1.29 is 94.7 Å². The van der Waals surface area contributed by atoms with Gasteiger partial charge in [0.15, 0.2) is 0 Å². The summed E-state index contributed by atoms with van der Waals surface area (Å²) in [7, 11) is 4.95. The van der Waals surface area contributed by atoms with Crippen LogP contribution in [0.15, 0.2) is 53.2 Å². The Balaban J connectivity index is 0.00000131. The molecule has 1 aliphatic carbocycles. The van der Waals surface area contributed by atoms with Gasteiger partial charge in [0.25, 0.3) is 5.91 Å². The van der Waals surface area contributed by atoms with Gasteiger partial charge in [-0.3, -0.25) is 43.6 Å². The van der Waals surface area contributed by atoms with E-state index in [1.165, 1.54) is 44.6 Å². The number of nitrogens with one attached hydrogen (secondary N) is 3. The number of hydrogen-bond acceptors (Lipinski definition) is 18. The number of anilines is 1. The monoisotopic (exact) mass is 1270 g/mol. The van der Waals surface area contributed by atoms with Crippen molar-refractivity contribution in [2.75, 3.05) is 145 Å². The van der Waals surface area contributed by atoms with E-state index in [4.69, 9.17) is 34.8 Å². The number of rotatable bonds is 27. The fourth-order valence-electron chi connectivity index (χ4n) is 8.42. The maximum absolute atomic E-state index is 12.5. The molecule has 78 heavy (non-hydrogen) atoms. The Hall–Kier alpha value is -5.56. The molecule has 2 aromatic carbocycles. The average Bonchev–Trinajstić information content (AvgIpc) is 3.91. The first-order valence-corrected chi connectivity index (χ1v) is 25.9. The van der Waals surface area contributed by atoms with E-state index in [0.29, 0.717) is 88.0 Å². The molecule has 1 saturated heterocycles. The summed E-state index contributed by atoms with van der Waals surface area (Å²) in [6.45, 7) is 9.03. The molecule has 11 N–H and O–H groups in total. The zero-order valence-corrected chi connectivity index (χ0v) is 49.3. The molecule has 2 amide bonds. The van der Waals surface area contributed by atoms with E-state index in [0.717, 1.165) is 22.9 Å². The number of carboxylic acids is 3.